The molecule has 1 saturated carbocycles. The molecule has 1 aliphatic heterocycles. The van der Waals surface area contributed by atoms with Gasteiger partial charge in [0.1, 0.15) is 5.92 Å². The summed E-state index contributed by atoms with van der Waals surface area (Å²) in [4.78, 5) is 27.0. The Bertz CT molecular complexity index is 528. The van der Waals surface area contributed by atoms with Crippen LogP contribution in [0.4, 0.5) is 0 Å². The number of hydrogen-bond donors (Lipinski definition) is 0. The van der Waals surface area contributed by atoms with Crippen molar-refractivity contribution in [1.82, 2.24) is 4.90 Å². The third-order valence-corrected chi connectivity index (χ3v) is 5.07. The molecule has 0 bridgehead atoms. The fraction of sp³-hybridized carbons (Fsp3) is 0.615. The van der Waals surface area contributed by atoms with Gasteiger partial charge in [0.05, 0.1) is 6.04 Å². The number of thiophene rings is 1. The van der Waals surface area contributed by atoms with Gasteiger partial charge in [0, 0.05) is 27.6 Å². The van der Waals surface area contributed by atoms with Crippen molar-refractivity contribution in [2.75, 3.05) is 6.54 Å². The van der Waals surface area contributed by atoms with Crippen molar-refractivity contribution >= 4 is 17.2 Å². The number of rotatable bonds is 3. The fourth-order valence-electron chi connectivity index (χ4n) is 2.85. The predicted octanol–water partition coefficient (Wildman–Crippen LogP) is 2.39. The molecule has 5 nitrogen and oxygen atoms in total. The average molecular weight is 280 g/mol. The number of nitrogens with zero attached hydrogens (tertiary/aromatic N) is 2. The van der Waals surface area contributed by atoms with E-state index in [1.807, 2.05) is 4.90 Å². The van der Waals surface area contributed by atoms with Crippen molar-refractivity contribution in [1.29, 1.82) is 0 Å². The van der Waals surface area contributed by atoms with E-state index < -0.39 is 6.04 Å². The highest BCUT2D eigenvalue weighted by atomic mass is 32.1. The molecule has 2 fully saturated rings. The van der Waals surface area contributed by atoms with Gasteiger partial charge in [-0.2, -0.15) is 0 Å². The Morgan fingerprint density at radius 3 is 2.89 bits per heavy atom. The molecule has 2 aliphatic rings. The van der Waals surface area contributed by atoms with Gasteiger partial charge in [0.2, 0.25) is 11.9 Å². The Kier molecular flexibility index (Phi) is 3.05. The van der Waals surface area contributed by atoms with Gasteiger partial charge in [-0.1, -0.05) is 0 Å². The van der Waals surface area contributed by atoms with Gasteiger partial charge in [-0.15, -0.1) is 11.3 Å². The second-order valence-corrected chi connectivity index (χ2v) is 6.65. The van der Waals surface area contributed by atoms with Crippen molar-refractivity contribution in [2.24, 2.45) is 5.92 Å². The van der Waals surface area contributed by atoms with Crippen LogP contribution in [0.3, 0.4) is 0 Å². The van der Waals surface area contributed by atoms with E-state index in [0.717, 1.165) is 19.4 Å². The van der Waals surface area contributed by atoms with E-state index in [-0.39, 0.29) is 22.8 Å². The van der Waals surface area contributed by atoms with Crippen molar-refractivity contribution in [3.8, 4) is 0 Å². The van der Waals surface area contributed by atoms with Crippen LogP contribution in [0.5, 0.6) is 0 Å². The first-order chi connectivity index (χ1) is 9.08. The highest BCUT2D eigenvalue weighted by molar-refractivity contribution is 7.12. The summed E-state index contributed by atoms with van der Waals surface area (Å²) in [5.41, 5.74) is 0. The molecular weight excluding hydrogens is 264 g/mol. The normalized spacial score (nSPS) is 29.5. The second-order valence-electron chi connectivity index (χ2n) is 5.33. The van der Waals surface area contributed by atoms with Crippen molar-refractivity contribution in [3.05, 3.63) is 32.0 Å². The van der Waals surface area contributed by atoms with Crippen LogP contribution in [0, 0.1) is 23.0 Å². The molecule has 3 rings (SSSR count). The zero-order chi connectivity index (χ0) is 13.6. The van der Waals surface area contributed by atoms with Gasteiger partial charge in [-0.25, -0.2) is 0 Å². The van der Waals surface area contributed by atoms with Crippen LogP contribution in [-0.2, 0) is 4.79 Å². The zero-order valence-corrected chi connectivity index (χ0v) is 11.6. The number of amides is 1. The van der Waals surface area contributed by atoms with Gasteiger partial charge in [-0.3, -0.25) is 14.9 Å². The van der Waals surface area contributed by atoms with Crippen LogP contribution >= 0.6 is 11.3 Å². The molecule has 0 unspecified atom stereocenters. The Morgan fingerprint density at radius 2 is 2.32 bits per heavy atom. The van der Waals surface area contributed by atoms with E-state index in [0.29, 0.717) is 6.42 Å². The lowest BCUT2D eigenvalue weighted by Crippen LogP contribution is -2.32. The maximum absolute atomic E-state index is 12.3. The highest BCUT2D eigenvalue weighted by Crippen LogP contribution is 2.41. The van der Waals surface area contributed by atoms with E-state index in [2.05, 4.69) is 19.1 Å². The van der Waals surface area contributed by atoms with Gasteiger partial charge >= 0.3 is 0 Å². The Labute approximate surface area is 115 Å². The molecular formula is C13H16N2O3S. The summed E-state index contributed by atoms with van der Waals surface area (Å²) < 4.78 is 0. The largest absolute Gasteiger partial charge is 0.334 e. The molecule has 19 heavy (non-hydrogen) atoms. The number of nitro groups is 1. The first-order valence-electron chi connectivity index (χ1n) is 6.58. The summed E-state index contributed by atoms with van der Waals surface area (Å²) >= 11 is 1.72. The van der Waals surface area contributed by atoms with E-state index >= 15 is 0 Å². The highest BCUT2D eigenvalue weighted by Gasteiger charge is 2.55. The molecule has 1 amide bonds. The Hall–Kier alpha value is -1.43. The van der Waals surface area contributed by atoms with E-state index in [1.54, 1.807) is 11.3 Å². The van der Waals surface area contributed by atoms with Crippen LogP contribution in [0.25, 0.3) is 0 Å². The third-order valence-electron chi connectivity index (χ3n) is 3.97. The molecule has 0 N–H and O–H groups in total. The second kappa shape index (κ2) is 4.59. The third kappa shape index (κ3) is 2.25. The van der Waals surface area contributed by atoms with Gasteiger partial charge < -0.3 is 4.90 Å². The molecule has 102 valence electrons. The van der Waals surface area contributed by atoms with Crippen LogP contribution in [0.2, 0.25) is 0 Å². The minimum Gasteiger partial charge on any atom is -0.334 e. The molecule has 3 atom stereocenters. The summed E-state index contributed by atoms with van der Waals surface area (Å²) in [5, 5.41) is 10.7. The smallest absolute Gasteiger partial charge is 0.233 e. The minimum absolute atomic E-state index is 0.0183. The first-order valence-corrected chi connectivity index (χ1v) is 7.40. The standard InChI is InChI=1S/C13H16N2O3S/c1-8-4-5-12(19-8)10-3-2-6-14(10)13(16)9-7-11(9)15(17)18/h4-5,9-11H,2-3,6-7H2,1H3/t9-,10-,11+/m0/s1. The van der Waals surface area contributed by atoms with Crippen LogP contribution in [-0.4, -0.2) is 28.3 Å². The van der Waals surface area contributed by atoms with Crippen molar-refractivity contribution in [3.63, 3.8) is 0 Å². The zero-order valence-electron chi connectivity index (χ0n) is 10.7. The SMILES string of the molecule is Cc1ccc([C@@H]2CCCN2C(=O)[C@H]2C[C@H]2[N+](=O)[O-])s1. The molecule has 1 saturated heterocycles. The topological polar surface area (TPSA) is 63.5 Å². The summed E-state index contributed by atoms with van der Waals surface area (Å²) in [6.45, 7) is 2.79. The van der Waals surface area contributed by atoms with Crippen molar-refractivity contribution in [2.45, 2.75) is 38.3 Å². The maximum atomic E-state index is 12.3. The molecule has 0 radical (unpaired) electrons. The summed E-state index contributed by atoms with van der Waals surface area (Å²) in [6.07, 6.45) is 2.38. The minimum atomic E-state index is -0.640. The number of carbonyl (C=O) groups is 1. The average Bonchev–Trinajstić information content (AvgIpc) is 2.82. The lowest BCUT2D eigenvalue weighted by atomic mass is 10.2. The number of likely N-dealkylation sites (tertiary alicyclic amines) is 1. The molecule has 1 aromatic rings. The number of carbonyl (C=O) groups excluding carboxylic acids is 1. The molecule has 6 heteroatoms. The van der Waals surface area contributed by atoms with Gasteiger partial charge in [0.25, 0.3) is 0 Å². The first kappa shape index (κ1) is 12.6. The van der Waals surface area contributed by atoms with Gasteiger partial charge in [0.15, 0.2) is 0 Å². The summed E-state index contributed by atoms with van der Waals surface area (Å²) in [6, 6.07) is 3.64. The summed E-state index contributed by atoms with van der Waals surface area (Å²) in [7, 11) is 0. The Balaban J connectivity index is 1.73. The van der Waals surface area contributed by atoms with E-state index in [4.69, 9.17) is 0 Å². The van der Waals surface area contributed by atoms with Crippen molar-refractivity contribution < 1.29 is 9.72 Å². The lowest BCUT2D eigenvalue weighted by molar-refractivity contribution is -0.497. The summed E-state index contributed by atoms with van der Waals surface area (Å²) in [5.74, 6) is -0.396. The number of aryl methyl sites for hydroxylation is 1. The fourth-order valence-corrected chi connectivity index (χ4v) is 3.88. The predicted molar refractivity (Wildman–Crippen MR) is 71.6 cm³/mol. The van der Waals surface area contributed by atoms with Crippen LogP contribution in [0.15, 0.2) is 12.1 Å². The molecule has 1 aliphatic carbocycles. The monoisotopic (exact) mass is 280 g/mol. The maximum Gasteiger partial charge on any atom is 0.233 e. The molecule has 2 heterocycles. The lowest BCUT2D eigenvalue weighted by Gasteiger charge is -2.23. The Morgan fingerprint density at radius 1 is 1.53 bits per heavy atom. The number of hydrogen-bond acceptors (Lipinski definition) is 4. The van der Waals surface area contributed by atoms with E-state index in [1.165, 1.54) is 9.75 Å². The molecule has 0 spiro atoms. The molecule has 0 aromatic carbocycles. The van der Waals surface area contributed by atoms with Crippen LogP contribution in [0.1, 0.15) is 35.1 Å². The molecule has 1 aromatic heterocycles. The van der Waals surface area contributed by atoms with Crippen LogP contribution < -0.4 is 0 Å². The van der Waals surface area contributed by atoms with E-state index in [9.17, 15) is 14.9 Å². The quantitative estimate of drug-likeness (QED) is 0.631. The van der Waals surface area contributed by atoms with Gasteiger partial charge in [-0.05, 0) is 31.9 Å².